The summed E-state index contributed by atoms with van der Waals surface area (Å²) in [6.07, 6.45) is 0. The van der Waals surface area contributed by atoms with Crippen molar-refractivity contribution >= 4 is 39.7 Å². The van der Waals surface area contributed by atoms with E-state index in [4.69, 9.17) is 5.26 Å². The van der Waals surface area contributed by atoms with Crippen LogP contribution in [0.2, 0.25) is 0 Å². The molecule has 1 unspecified atom stereocenters. The van der Waals surface area contributed by atoms with E-state index in [9.17, 15) is 9.18 Å². The molecular weight excluding hydrogens is 364 g/mol. The third kappa shape index (κ3) is 2.60. The molecule has 0 aliphatic rings. The first-order chi connectivity index (χ1) is 8.63. The van der Waals surface area contributed by atoms with E-state index < -0.39 is 11.7 Å². The number of nitrogens with zero attached hydrogens (tertiary/aromatic N) is 1. The first-order valence-corrected chi connectivity index (χ1v) is 7.01. The van der Waals surface area contributed by atoms with Gasteiger partial charge in [-0.05, 0) is 34.7 Å². The van der Waals surface area contributed by atoms with Crippen LogP contribution in [0.15, 0.2) is 35.7 Å². The summed E-state index contributed by atoms with van der Waals surface area (Å²) in [4.78, 5) is 12.2. The molecule has 90 valence electrons. The number of ketones is 1. The molecule has 1 aromatic carbocycles. The zero-order chi connectivity index (χ0) is 13.1. The van der Waals surface area contributed by atoms with Gasteiger partial charge in [0.05, 0.1) is 8.95 Å². The van der Waals surface area contributed by atoms with E-state index in [1.54, 1.807) is 17.5 Å². The Morgan fingerprint density at radius 1 is 1.44 bits per heavy atom. The Labute approximate surface area is 121 Å². The quantitative estimate of drug-likeness (QED) is 0.605. The van der Waals surface area contributed by atoms with E-state index in [-0.39, 0.29) is 11.3 Å². The van der Waals surface area contributed by atoms with Crippen LogP contribution in [0.25, 0.3) is 0 Å². The van der Waals surface area contributed by atoms with Gasteiger partial charge in [-0.1, -0.05) is 18.2 Å². The van der Waals surface area contributed by atoms with Crippen molar-refractivity contribution in [1.29, 1.82) is 5.26 Å². The highest BCUT2D eigenvalue weighted by atomic mass is 127. The summed E-state index contributed by atoms with van der Waals surface area (Å²) in [6, 6.07) is 9.46. The number of carbonyl (C=O) groups excluding carboxylic acids is 1. The Hall–Kier alpha value is -1.26. The topological polar surface area (TPSA) is 40.9 Å². The molecule has 0 saturated heterocycles. The predicted octanol–water partition coefficient (Wildman–Crippen LogP) is 3.98. The fourth-order valence-corrected chi connectivity index (χ4v) is 2.92. The Kier molecular flexibility index (Phi) is 4.09. The lowest BCUT2D eigenvalue weighted by atomic mass is 9.93. The SMILES string of the molecule is N#CC(C(=O)c1csc(I)c1)c1ccccc1F. The van der Waals surface area contributed by atoms with Crippen molar-refractivity contribution in [2.24, 2.45) is 0 Å². The molecule has 5 heteroatoms. The number of hydrogen-bond donors (Lipinski definition) is 0. The minimum Gasteiger partial charge on any atom is -0.292 e. The van der Waals surface area contributed by atoms with E-state index in [0.29, 0.717) is 5.56 Å². The third-order valence-electron chi connectivity index (χ3n) is 2.46. The summed E-state index contributed by atoms with van der Waals surface area (Å²) in [6.45, 7) is 0. The molecule has 0 aliphatic carbocycles. The number of benzene rings is 1. The zero-order valence-electron chi connectivity index (χ0n) is 9.06. The van der Waals surface area contributed by atoms with Gasteiger partial charge in [0.15, 0.2) is 5.78 Å². The molecule has 2 rings (SSSR count). The third-order valence-corrected chi connectivity index (χ3v) is 4.25. The van der Waals surface area contributed by atoms with Crippen molar-refractivity contribution in [2.45, 2.75) is 5.92 Å². The molecule has 0 N–H and O–H groups in total. The van der Waals surface area contributed by atoms with Crippen LogP contribution in [0.1, 0.15) is 21.8 Å². The van der Waals surface area contributed by atoms with Crippen molar-refractivity contribution < 1.29 is 9.18 Å². The Bertz CT molecular complexity index is 632. The highest BCUT2D eigenvalue weighted by molar-refractivity contribution is 14.1. The first kappa shape index (κ1) is 13.2. The van der Waals surface area contributed by atoms with Gasteiger partial charge in [0.2, 0.25) is 0 Å². The lowest BCUT2D eigenvalue weighted by Crippen LogP contribution is -2.12. The summed E-state index contributed by atoms with van der Waals surface area (Å²) in [5, 5.41) is 10.8. The first-order valence-electron chi connectivity index (χ1n) is 5.05. The maximum atomic E-state index is 13.6. The second kappa shape index (κ2) is 5.59. The molecule has 0 spiro atoms. The van der Waals surface area contributed by atoms with Crippen LogP contribution in [0, 0.1) is 20.0 Å². The van der Waals surface area contributed by atoms with Gasteiger partial charge in [-0.2, -0.15) is 5.26 Å². The molecule has 1 aromatic heterocycles. The monoisotopic (exact) mass is 371 g/mol. The number of thiophene rings is 1. The molecule has 0 fully saturated rings. The van der Waals surface area contributed by atoms with E-state index in [0.717, 1.165) is 2.88 Å². The number of halogens is 2. The Balaban J connectivity index is 2.39. The number of nitriles is 1. The summed E-state index contributed by atoms with van der Waals surface area (Å²) in [5.74, 6) is -1.97. The molecule has 1 heterocycles. The molecule has 1 atom stereocenters. The molecule has 2 nitrogen and oxygen atoms in total. The second-order valence-corrected chi connectivity index (χ2v) is 6.39. The van der Waals surface area contributed by atoms with Gasteiger partial charge in [-0.3, -0.25) is 4.79 Å². The largest absolute Gasteiger partial charge is 0.292 e. The van der Waals surface area contributed by atoms with E-state index in [1.165, 1.54) is 29.5 Å². The second-order valence-electron chi connectivity index (χ2n) is 3.59. The maximum absolute atomic E-state index is 13.6. The maximum Gasteiger partial charge on any atom is 0.185 e. The van der Waals surface area contributed by atoms with Gasteiger partial charge in [0.25, 0.3) is 0 Å². The van der Waals surface area contributed by atoms with Crippen LogP contribution >= 0.6 is 33.9 Å². The van der Waals surface area contributed by atoms with E-state index in [1.807, 2.05) is 6.07 Å². The molecule has 0 aliphatic heterocycles. The summed E-state index contributed by atoms with van der Waals surface area (Å²) >= 11 is 3.52. The summed E-state index contributed by atoms with van der Waals surface area (Å²) < 4.78 is 14.6. The standard InChI is InChI=1S/C13H7FINOS/c14-11-4-2-1-3-9(11)10(6-16)13(17)8-5-12(15)18-7-8/h1-5,7,10H. The van der Waals surface area contributed by atoms with Crippen LogP contribution in [-0.4, -0.2) is 5.78 Å². The fraction of sp³-hybridized carbons (Fsp3) is 0.0769. The summed E-state index contributed by atoms with van der Waals surface area (Å²) in [7, 11) is 0. The Morgan fingerprint density at radius 3 is 2.72 bits per heavy atom. The van der Waals surface area contributed by atoms with Gasteiger partial charge in [-0.25, -0.2) is 4.39 Å². The van der Waals surface area contributed by atoms with Crippen molar-refractivity contribution in [3.63, 3.8) is 0 Å². The highest BCUT2D eigenvalue weighted by Gasteiger charge is 2.25. The molecular formula is C13H7FINOS. The predicted molar refractivity (Wildman–Crippen MR) is 76.1 cm³/mol. The fourth-order valence-electron chi connectivity index (χ4n) is 1.58. The van der Waals surface area contributed by atoms with Gasteiger partial charge < -0.3 is 0 Å². The lowest BCUT2D eigenvalue weighted by Gasteiger charge is -2.08. The zero-order valence-corrected chi connectivity index (χ0v) is 12.0. The molecule has 18 heavy (non-hydrogen) atoms. The normalized spacial score (nSPS) is 11.8. The number of rotatable bonds is 3. The highest BCUT2D eigenvalue weighted by Crippen LogP contribution is 2.26. The van der Waals surface area contributed by atoms with Crippen LogP contribution in [0.3, 0.4) is 0 Å². The molecule has 0 radical (unpaired) electrons. The van der Waals surface area contributed by atoms with Gasteiger partial charge in [0.1, 0.15) is 11.7 Å². The minimum atomic E-state index is -1.09. The van der Waals surface area contributed by atoms with Crippen LogP contribution in [-0.2, 0) is 0 Å². The van der Waals surface area contributed by atoms with Crippen LogP contribution < -0.4 is 0 Å². The van der Waals surface area contributed by atoms with Crippen molar-refractivity contribution in [3.8, 4) is 6.07 Å². The molecule has 0 amide bonds. The van der Waals surface area contributed by atoms with Crippen molar-refractivity contribution in [2.75, 3.05) is 0 Å². The number of carbonyl (C=O) groups is 1. The molecule has 0 saturated carbocycles. The number of Topliss-reactive ketones (excluding diaryl/α,β-unsaturated/α-hetero) is 1. The Morgan fingerprint density at radius 2 is 2.17 bits per heavy atom. The average molecular weight is 371 g/mol. The van der Waals surface area contributed by atoms with E-state index >= 15 is 0 Å². The molecule has 0 bridgehead atoms. The minimum absolute atomic E-state index is 0.131. The average Bonchev–Trinajstić information content (AvgIpc) is 2.79. The lowest BCUT2D eigenvalue weighted by molar-refractivity contribution is 0.0978. The van der Waals surface area contributed by atoms with Gasteiger partial charge in [0, 0.05) is 16.5 Å². The summed E-state index contributed by atoms with van der Waals surface area (Å²) in [5.41, 5.74) is 0.588. The smallest absolute Gasteiger partial charge is 0.185 e. The van der Waals surface area contributed by atoms with E-state index in [2.05, 4.69) is 22.6 Å². The van der Waals surface area contributed by atoms with Crippen molar-refractivity contribution in [1.82, 2.24) is 0 Å². The van der Waals surface area contributed by atoms with Gasteiger partial charge >= 0.3 is 0 Å². The van der Waals surface area contributed by atoms with Crippen LogP contribution in [0.5, 0.6) is 0 Å². The molecule has 2 aromatic rings. The van der Waals surface area contributed by atoms with Crippen molar-refractivity contribution in [3.05, 3.63) is 55.5 Å². The number of hydrogen-bond acceptors (Lipinski definition) is 3. The van der Waals surface area contributed by atoms with Crippen LogP contribution in [0.4, 0.5) is 4.39 Å². The van der Waals surface area contributed by atoms with Gasteiger partial charge in [-0.15, -0.1) is 11.3 Å².